The topological polar surface area (TPSA) is 52.6 Å². The molecule has 1 aromatic carbocycles. The number of carbonyl (C=O) groups excluding carboxylic acids is 2. The van der Waals surface area contributed by atoms with Crippen LogP contribution >= 0.6 is 0 Å². The molecule has 26 heavy (non-hydrogen) atoms. The zero-order valence-electron chi connectivity index (χ0n) is 17.3. The van der Waals surface area contributed by atoms with E-state index in [2.05, 4.69) is 27.7 Å². The van der Waals surface area contributed by atoms with Crippen molar-refractivity contribution in [1.29, 1.82) is 0 Å². The van der Waals surface area contributed by atoms with Crippen molar-refractivity contribution < 1.29 is 19.1 Å². The number of hydrogen-bond acceptors (Lipinski definition) is 4. The molecule has 0 saturated carbocycles. The summed E-state index contributed by atoms with van der Waals surface area (Å²) in [5.41, 5.74) is 0.609. The molecule has 1 aromatic rings. The Morgan fingerprint density at radius 1 is 0.885 bits per heavy atom. The first-order chi connectivity index (χ1) is 12.0. The van der Waals surface area contributed by atoms with Gasteiger partial charge in [-0.25, -0.2) is 0 Å². The van der Waals surface area contributed by atoms with Gasteiger partial charge in [0.25, 0.3) is 0 Å². The van der Waals surface area contributed by atoms with Gasteiger partial charge in [0.1, 0.15) is 0 Å². The molecule has 0 radical (unpaired) electrons. The number of benzene rings is 1. The van der Waals surface area contributed by atoms with Gasteiger partial charge in [0.05, 0.1) is 0 Å². The van der Waals surface area contributed by atoms with Gasteiger partial charge >= 0.3 is 11.9 Å². The summed E-state index contributed by atoms with van der Waals surface area (Å²) in [6, 6.07) is 5.43. The van der Waals surface area contributed by atoms with Crippen molar-refractivity contribution in [2.45, 2.75) is 79.6 Å². The van der Waals surface area contributed by atoms with Crippen molar-refractivity contribution in [2.24, 2.45) is 11.8 Å². The Bertz CT molecular complexity index is 609. The van der Waals surface area contributed by atoms with Crippen molar-refractivity contribution >= 4 is 11.9 Å². The van der Waals surface area contributed by atoms with Crippen molar-refractivity contribution in [3.8, 4) is 11.5 Å². The van der Waals surface area contributed by atoms with Crippen LogP contribution in [-0.4, -0.2) is 11.9 Å². The maximum Gasteiger partial charge on any atom is 0.311 e. The summed E-state index contributed by atoms with van der Waals surface area (Å²) < 4.78 is 11.2. The van der Waals surface area contributed by atoms with E-state index in [4.69, 9.17) is 9.47 Å². The maximum atomic E-state index is 12.3. The van der Waals surface area contributed by atoms with Gasteiger partial charge in [0, 0.05) is 18.4 Å². The van der Waals surface area contributed by atoms with Crippen LogP contribution in [0.4, 0.5) is 0 Å². The molecule has 146 valence electrons. The van der Waals surface area contributed by atoms with E-state index in [9.17, 15) is 9.59 Å². The Hall–Kier alpha value is -1.84. The molecule has 0 aliphatic heterocycles. The minimum absolute atomic E-state index is 0.242. The van der Waals surface area contributed by atoms with Crippen LogP contribution in [0.2, 0.25) is 0 Å². The van der Waals surface area contributed by atoms with Crippen molar-refractivity contribution in [3.63, 3.8) is 0 Å². The average molecular weight is 363 g/mol. The lowest BCUT2D eigenvalue weighted by Gasteiger charge is -2.24. The largest absolute Gasteiger partial charge is 0.423 e. The fraction of sp³-hybridized carbons (Fsp3) is 0.636. The lowest BCUT2D eigenvalue weighted by molar-refractivity contribution is -0.137. The van der Waals surface area contributed by atoms with Gasteiger partial charge in [-0.1, -0.05) is 60.6 Å². The molecule has 0 bridgehead atoms. The summed E-state index contributed by atoms with van der Waals surface area (Å²) in [5.74, 6) is 0.945. The minimum atomic E-state index is -0.302. The fourth-order valence-electron chi connectivity index (χ4n) is 2.44. The molecular weight excluding hydrogens is 328 g/mol. The van der Waals surface area contributed by atoms with Crippen molar-refractivity contribution in [1.82, 2.24) is 0 Å². The van der Waals surface area contributed by atoms with Crippen molar-refractivity contribution in [3.05, 3.63) is 23.8 Å². The first kappa shape index (κ1) is 22.2. The van der Waals surface area contributed by atoms with E-state index >= 15 is 0 Å². The van der Waals surface area contributed by atoms with Gasteiger partial charge in [-0.2, -0.15) is 0 Å². The highest BCUT2D eigenvalue weighted by atomic mass is 16.6. The number of esters is 2. The molecule has 0 aliphatic rings. The number of carbonyl (C=O) groups is 2. The summed E-state index contributed by atoms with van der Waals surface area (Å²) in [4.78, 5) is 24.5. The molecule has 0 aliphatic carbocycles. The summed E-state index contributed by atoms with van der Waals surface area (Å²) in [6.45, 7) is 14.4. The second-order valence-electron chi connectivity index (χ2n) is 8.70. The first-order valence-corrected chi connectivity index (χ1v) is 9.55. The second-order valence-corrected chi connectivity index (χ2v) is 8.70. The zero-order chi connectivity index (χ0) is 19.9. The number of para-hydroxylation sites is 1. The Kier molecular flexibility index (Phi) is 8.32. The Labute approximate surface area is 158 Å². The van der Waals surface area contributed by atoms with Crippen LogP contribution in [0.15, 0.2) is 18.2 Å². The summed E-state index contributed by atoms with van der Waals surface area (Å²) in [5, 5.41) is 0. The van der Waals surface area contributed by atoms with Gasteiger partial charge < -0.3 is 9.47 Å². The van der Waals surface area contributed by atoms with Crippen LogP contribution in [0.5, 0.6) is 11.5 Å². The molecular formula is C22H34O4. The number of ether oxygens (including phenoxy) is 2. The zero-order valence-corrected chi connectivity index (χ0v) is 17.3. The number of rotatable bonds is 8. The van der Waals surface area contributed by atoms with E-state index in [0.29, 0.717) is 36.2 Å². The SMILES string of the molecule is CC(C)CCC(=O)Oc1cccc(C(C)(C)C)c1OC(=O)CCC(C)C. The van der Waals surface area contributed by atoms with Crippen LogP contribution in [0.3, 0.4) is 0 Å². The highest BCUT2D eigenvalue weighted by Gasteiger charge is 2.25. The van der Waals surface area contributed by atoms with E-state index in [-0.39, 0.29) is 17.4 Å². The van der Waals surface area contributed by atoms with Gasteiger partial charge in [0.2, 0.25) is 0 Å². The maximum absolute atomic E-state index is 12.3. The average Bonchev–Trinajstić information content (AvgIpc) is 2.51. The predicted octanol–water partition coefficient (Wildman–Crippen LogP) is 5.67. The molecule has 0 aromatic heterocycles. The normalized spacial score (nSPS) is 11.7. The molecule has 0 unspecified atom stereocenters. The monoisotopic (exact) mass is 362 g/mol. The van der Waals surface area contributed by atoms with E-state index in [1.807, 2.05) is 32.9 Å². The van der Waals surface area contributed by atoms with Crippen molar-refractivity contribution in [2.75, 3.05) is 0 Å². The number of hydrogen-bond donors (Lipinski definition) is 0. The summed E-state index contributed by atoms with van der Waals surface area (Å²) >= 11 is 0. The summed E-state index contributed by atoms with van der Waals surface area (Å²) in [6.07, 6.45) is 2.22. The molecule has 4 heteroatoms. The van der Waals surface area contributed by atoms with Gasteiger partial charge in [-0.05, 0) is 36.2 Å². The third kappa shape index (κ3) is 7.59. The smallest absolute Gasteiger partial charge is 0.311 e. The molecule has 0 atom stereocenters. The van der Waals surface area contributed by atoms with Crippen LogP contribution in [0.25, 0.3) is 0 Å². The third-order valence-electron chi connectivity index (χ3n) is 4.08. The van der Waals surface area contributed by atoms with E-state index in [1.54, 1.807) is 6.07 Å². The van der Waals surface area contributed by atoms with Crippen LogP contribution < -0.4 is 9.47 Å². The van der Waals surface area contributed by atoms with E-state index in [1.165, 1.54) is 0 Å². The molecule has 4 nitrogen and oxygen atoms in total. The molecule has 0 heterocycles. The minimum Gasteiger partial charge on any atom is -0.423 e. The standard InChI is InChI=1S/C22H34O4/c1-15(2)11-13-19(23)25-18-10-8-9-17(22(5,6)7)21(18)26-20(24)14-12-16(3)4/h8-10,15-16H,11-14H2,1-7H3. The third-order valence-corrected chi connectivity index (χ3v) is 4.08. The van der Waals surface area contributed by atoms with Gasteiger partial charge in [0.15, 0.2) is 11.5 Å². The Morgan fingerprint density at radius 3 is 1.85 bits per heavy atom. The van der Waals surface area contributed by atoms with Crippen LogP contribution in [0, 0.1) is 11.8 Å². The molecule has 1 rings (SSSR count). The first-order valence-electron chi connectivity index (χ1n) is 9.55. The lowest BCUT2D eigenvalue weighted by atomic mass is 9.86. The summed E-state index contributed by atoms with van der Waals surface area (Å²) in [7, 11) is 0. The van der Waals surface area contributed by atoms with Crippen LogP contribution in [0.1, 0.15) is 79.7 Å². The molecule has 0 amide bonds. The molecule has 0 fully saturated rings. The second kappa shape index (κ2) is 9.75. The van der Waals surface area contributed by atoms with Gasteiger partial charge in [-0.3, -0.25) is 9.59 Å². The Morgan fingerprint density at radius 2 is 1.38 bits per heavy atom. The Balaban J connectivity index is 3.05. The lowest BCUT2D eigenvalue weighted by Crippen LogP contribution is -2.18. The fourth-order valence-corrected chi connectivity index (χ4v) is 2.44. The van der Waals surface area contributed by atoms with Crippen LogP contribution in [-0.2, 0) is 15.0 Å². The highest BCUT2D eigenvalue weighted by Crippen LogP contribution is 2.39. The van der Waals surface area contributed by atoms with E-state index < -0.39 is 0 Å². The highest BCUT2D eigenvalue weighted by molar-refractivity contribution is 5.77. The molecule has 0 spiro atoms. The predicted molar refractivity (Wildman–Crippen MR) is 105 cm³/mol. The quantitative estimate of drug-likeness (QED) is 0.442. The molecule has 0 saturated heterocycles. The van der Waals surface area contributed by atoms with Gasteiger partial charge in [-0.15, -0.1) is 0 Å². The molecule has 0 N–H and O–H groups in total. The van der Waals surface area contributed by atoms with E-state index in [0.717, 1.165) is 18.4 Å².